The minimum atomic E-state index is 0.300. The van der Waals surface area contributed by atoms with E-state index in [9.17, 15) is 4.79 Å². The minimum Gasteiger partial charge on any atom is -0.339 e. The lowest BCUT2D eigenvalue weighted by molar-refractivity contribution is -0.134. The van der Waals surface area contributed by atoms with E-state index in [0.717, 1.165) is 32.7 Å². The van der Waals surface area contributed by atoms with Gasteiger partial charge in [0.05, 0.1) is 6.54 Å². The van der Waals surface area contributed by atoms with Crippen LogP contribution in [0.1, 0.15) is 43.7 Å². The Hall–Kier alpha value is -1.39. The summed E-state index contributed by atoms with van der Waals surface area (Å²) in [6.45, 7) is 9.63. The Labute approximate surface area is 146 Å². The van der Waals surface area contributed by atoms with Gasteiger partial charge in [-0.05, 0) is 36.9 Å². The third-order valence-corrected chi connectivity index (χ3v) is 5.29. The lowest BCUT2D eigenvalue weighted by Crippen LogP contribution is -2.50. The number of likely N-dealkylation sites (N-methyl/N-ethyl adjacent to an activating group) is 1. The molecule has 1 saturated heterocycles. The first kappa shape index (κ1) is 17.4. The molecule has 1 amide bonds. The van der Waals surface area contributed by atoms with E-state index in [1.807, 2.05) is 4.90 Å². The van der Waals surface area contributed by atoms with Crippen LogP contribution in [-0.4, -0.2) is 66.4 Å². The van der Waals surface area contributed by atoms with Gasteiger partial charge in [0.1, 0.15) is 0 Å². The van der Waals surface area contributed by atoms with E-state index in [1.165, 1.54) is 24.0 Å². The molecule has 0 N–H and O–H groups in total. The van der Waals surface area contributed by atoms with E-state index in [4.69, 9.17) is 0 Å². The number of hydrogen-bond donors (Lipinski definition) is 0. The van der Waals surface area contributed by atoms with E-state index < -0.39 is 0 Å². The van der Waals surface area contributed by atoms with Crippen molar-refractivity contribution in [1.29, 1.82) is 0 Å². The summed E-state index contributed by atoms with van der Waals surface area (Å²) >= 11 is 0. The largest absolute Gasteiger partial charge is 0.339 e. The molecule has 1 saturated carbocycles. The van der Waals surface area contributed by atoms with Crippen LogP contribution in [0.15, 0.2) is 24.3 Å². The van der Waals surface area contributed by atoms with Gasteiger partial charge in [0.2, 0.25) is 5.91 Å². The first-order valence-corrected chi connectivity index (χ1v) is 9.32. The molecule has 2 fully saturated rings. The van der Waals surface area contributed by atoms with Gasteiger partial charge in [0.25, 0.3) is 0 Å². The first-order valence-electron chi connectivity index (χ1n) is 9.32. The van der Waals surface area contributed by atoms with Crippen molar-refractivity contribution in [2.24, 2.45) is 0 Å². The maximum atomic E-state index is 12.6. The summed E-state index contributed by atoms with van der Waals surface area (Å²) in [5.74, 6) is 0.867. The molecule has 0 aromatic heterocycles. The zero-order valence-corrected chi connectivity index (χ0v) is 15.4. The van der Waals surface area contributed by atoms with Crippen molar-refractivity contribution in [2.45, 2.75) is 45.2 Å². The van der Waals surface area contributed by atoms with Crippen LogP contribution in [0.2, 0.25) is 0 Å². The van der Waals surface area contributed by atoms with E-state index in [2.05, 4.69) is 55.0 Å². The van der Waals surface area contributed by atoms with Gasteiger partial charge in [-0.2, -0.15) is 0 Å². The molecule has 24 heavy (non-hydrogen) atoms. The Morgan fingerprint density at radius 1 is 1.12 bits per heavy atom. The quantitative estimate of drug-likeness (QED) is 0.802. The van der Waals surface area contributed by atoms with Crippen LogP contribution in [-0.2, 0) is 11.3 Å². The highest BCUT2D eigenvalue weighted by Gasteiger charge is 2.31. The Balaban J connectivity index is 1.57. The van der Waals surface area contributed by atoms with Gasteiger partial charge in [0.15, 0.2) is 0 Å². The minimum absolute atomic E-state index is 0.300. The summed E-state index contributed by atoms with van der Waals surface area (Å²) in [7, 11) is 2.12. The SMILES string of the molecule is CC(C)c1ccc(CN(CC(=O)N2CCN(C)CC2)C2CC2)cc1. The molecule has 1 aliphatic heterocycles. The topological polar surface area (TPSA) is 26.8 Å². The fourth-order valence-electron chi connectivity index (χ4n) is 3.33. The van der Waals surface area contributed by atoms with Crippen molar-refractivity contribution in [3.05, 3.63) is 35.4 Å². The van der Waals surface area contributed by atoms with Gasteiger partial charge in [-0.3, -0.25) is 9.69 Å². The van der Waals surface area contributed by atoms with Gasteiger partial charge >= 0.3 is 0 Å². The fraction of sp³-hybridized carbons (Fsp3) is 0.650. The second-order valence-electron chi connectivity index (χ2n) is 7.72. The van der Waals surface area contributed by atoms with E-state index in [-0.39, 0.29) is 0 Å². The number of carbonyl (C=O) groups excluding carboxylic acids is 1. The molecule has 4 nitrogen and oxygen atoms in total. The molecule has 1 aliphatic carbocycles. The zero-order chi connectivity index (χ0) is 17.1. The van der Waals surface area contributed by atoms with Crippen LogP contribution in [0.5, 0.6) is 0 Å². The molecular formula is C20H31N3O. The van der Waals surface area contributed by atoms with Crippen LogP contribution >= 0.6 is 0 Å². The number of carbonyl (C=O) groups is 1. The maximum Gasteiger partial charge on any atom is 0.236 e. The molecule has 0 unspecified atom stereocenters. The van der Waals surface area contributed by atoms with Crippen molar-refractivity contribution in [3.8, 4) is 0 Å². The number of amides is 1. The average molecular weight is 329 g/mol. The highest BCUT2D eigenvalue weighted by molar-refractivity contribution is 5.78. The molecule has 3 rings (SSSR count). The predicted octanol–water partition coefficient (Wildman–Crippen LogP) is 2.55. The van der Waals surface area contributed by atoms with Crippen molar-refractivity contribution in [3.63, 3.8) is 0 Å². The predicted molar refractivity (Wildman–Crippen MR) is 98.0 cm³/mol. The molecule has 4 heteroatoms. The van der Waals surface area contributed by atoms with Crippen LogP contribution in [0.3, 0.4) is 0 Å². The number of benzene rings is 1. The number of rotatable bonds is 6. The van der Waals surface area contributed by atoms with Crippen LogP contribution < -0.4 is 0 Å². The third-order valence-electron chi connectivity index (χ3n) is 5.29. The summed E-state index contributed by atoms with van der Waals surface area (Å²) in [5.41, 5.74) is 2.70. The summed E-state index contributed by atoms with van der Waals surface area (Å²) in [4.78, 5) is 19.4. The second kappa shape index (κ2) is 7.66. The van der Waals surface area contributed by atoms with E-state index >= 15 is 0 Å². The van der Waals surface area contributed by atoms with E-state index in [1.54, 1.807) is 0 Å². The monoisotopic (exact) mass is 329 g/mol. The van der Waals surface area contributed by atoms with Gasteiger partial charge in [0, 0.05) is 38.8 Å². The molecule has 1 aromatic carbocycles. The summed E-state index contributed by atoms with van der Waals surface area (Å²) < 4.78 is 0. The lowest BCUT2D eigenvalue weighted by Gasteiger charge is -2.34. The number of nitrogens with zero attached hydrogens (tertiary/aromatic N) is 3. The normalized spacial score (nSPS) is 19.3. The van der Waals surface area contributed by atoms with Crippen molar-refractivity contribution < 1.29 is 4.79 Å². The van der Waals surface area contributed by atoms with Crippen LogP contribution in [0.4, 0.5) is 0 Å². The molecule has 132 valence electrons. The zero-order valence-electron chi connectivity index (χ0n) is 15.4. The van der Waals surface area contributed by atoms with Crippen molar-refractivity contribution >= 4 is 5.91 Å². The highest BCUT2D eigenvalue weighted by Crippen LogP contribution is 2.28. The second-order valence-corrected chi connectivity index (χ2v) is 7.72. The first-order chi connectivity index (χ1) is 11.5. The molecule has 1 aromatic rings. The van der Waals surface area contributed by atoms with Gasteiger partial charge in [-0.1, -0.05) is 38.1 Å². The van der Waals surface area contributed by atoms with Gasteiger partial charge < -0.3 is 9.80 Å². The molecule has 1 heterocycles. The molecule has 2 aliphatic rings. The summed E-state index contributed by atoms with van der Waals surface area (Å²) in [6, 6.07) is 9.52. The number of piperazine rings is 1. The molecular weight excluding hydrogens is 298 g/mol. The van der Waals surface area contributed by atoms with Crippen molar-refractivity contribution in [1.82, 2.24) is 14.7 Å². The Kier molecular flexibility index (Phi) is 5.57. The Morgan fingerprint density at radius 3 is 2.29 bits per heavy atom. The molecule has 0 spiro atoms. The maximum absolute atomic E-state index is 12.6. The van der Waals surface area contributed by atoms with E-state index in [0.29, 0.717) is 24.4 Å². The summed E-state index contributed by atoms with van der Waals surface area (Å²) in [6.07, 6.45) is 2.47. The van der Waals surface area contributed by atoms with Gasteiger partial charge in [-0.25, -0.2) is 0 Å². The molecule has 0 bridgehead atoms. The van der Waals surface area contributed by atoms with Crippen LogP contribution in [0.25, 0.3) is 0 Å². The summed E-state index contributed by atoms with van der Waals surface area (Å²) in [5, 5.41) is 0. The standard InChI is InChI=1S/C20H31N3O/c1-16(2)18-6-4-17(5-7-18)14-23(19-8-9-19)15-20(24)22-12-10-21(3)11-13-22/h4-7,16,19H,8-15H2,1-3H3. The Morgan fingerprint density at radius 2 is 1.75 bits per heavy atom. The lowest BCUT2D eigenvalue weighted by atomic mass is 10.0. The smallest absolute Gasteiger partial charge is 0.236 e. The third kappa shape index (κ3) is 4.58. The van der Waals surface area contributed by atoms with Gasteiger partial charge in [-0.15, -0.1) is 0 Å². The average Bonchev–Trinajstić information content (AvgIpc) is 3.40. The van der Waals surface area contributed by atoms with Crippen LogP contribution in [0, 0.1) is 0 Å². The fourth-order valence-corrected chi connectivity index (χ4v) is 3.33. The molecule has 0 atom stereocenters. The highest BCUT2D eigenvalue weighted by atomic mass is 16.2. The Bertz CT molecular complexity index is 543. The number of hydrogen-bond acceptors (Lipinski definition) is 3. The van der Waals surface area contributed by atoms with Crippen molar-refractivity contribution in [2.75, 3.05) is 39.8 Å². The molecule has 0 radical (unpaired) electrons.